The monoisotopic (exact) mass is 396 g/mol. The maximum absolute atomic E-state index is 2.31. The smallest absolute Gasteiger partial charge is 0.244 e. The van der Waals surface area contributed by atoms with Crippen LogP contribution in [0.5, 0.6) is 0 Å². The Balaban J connectivity index is 0.00000280. The largest absolute Gasteiger partial charge is 1.00 e. The summed E-state index contributed by atoms with van der Waals surface area (Å²) in [5.74, 6) is 0. The molecule has 1 heterocycles. The highest BCUT2D eigenvalue weighted by molar-refractivity contribution is 5.44. The van der Waals surface area contributed by atoms with Crippen LogP contribution in [0.25, 0.3) is 0 Å². The fraction of sp³-hybridized carbons (Fsp3) is 0.400. The molecule has 0 saturated heterocycles. The van der Waals surface area contributed by atoms with Crippen molar-refractivity contribution < 1.29 is 17.0 Å². The van der Waals surface area contributed by atoms with Crippen LogP contribution in [0.3, 0.4) is 0 Å². The zero-order valence-corrected chi connectivity index (χ0v) is 19.3. The molecule has 0 N–H and O–H groups in total. The Bertz CT molecular complexity index is 880. The molecule has 0 unspecified atom stereocenters. The summed E-state index contributed by atoms with van der Waals surface area (Å²) < 4.78 is 4.61. The van der Waals surface area contributed by atoms with Crippen molar-refractivity contribution in [1.82, 2.24) is 4.57 Å². The van der Waals surface area contributed by atoms with Crippen molar-refractivity contribution in [1.29, 1.82) is 0 Å². The van der Waals surface area contributed by atoms with Crippen molar-refractivity contribution in [2.45, 2.75) is 68.5 Å². The fourth-order valence-electron chi connectivity index (χ4n) is 4.06. The molecule has 0 fully saturated rings. The topological polar surface area (TPSA) is 8.81 Å². The third-order valence-electron chi connectivity index (χ3n) is 6.47. The lowest BCUT2D eigenvalue weighted by Gasteiger charge is -2.14. The minimum absolute atomic E-state index is 0. The molecular weight excluding hydrogens is 364 g/mol. The molecule has 0 atom stereocenters. The maximum atomic E-state index is 2.31. The van der Waals surface area contributed by atoms with Crippen LogP contribution >= 0.6 is 0 Å². The summed E-state index contributed by atoms with van der Waals surface area (Å²) in [6, 6.07) is 4.60. The van der Waals surface area contributed by atoms with E-state index in [9.17, 15) is 0 Å². The van der Waals surface area contributed by atoms with Crippen molar-refractivity contribution in [3.05, 3.63) is 86.5 Å². The SMILES string of the molecule is Cc1cc(C)c(C)c(Cn2cc[n+](Cc3c(C)c(C)cc(C)c3C)c2)c1C.[Cl-]. The lowest BCUT2D eigenvalue weighted by atomic mass is 9.94. The predicted molar refractivity (Wildman–Crippen MR) is 114 cm³/mol. The van der Waals surface area contributed by atoms with Gasteiger partial charge in [0.25, 0.3) is 0 Å². The third-order valence-corrected chi connectivity index (χ3v) is 6.47. The number of nitrogens with zero attached hydrogens (tertiary/aromatic N) is 2. The van der Waals surface area contributed by atoms with Gasteiger partial charge in [0.15, 0.2) is 0 Å². The first kappa shape index (κ1) is 22.2. The first-order valence-electron chi connectivity index (χ1n) is 9.86. The quantitative estimate of drug-likeness (QED) is 0.598. The molecule has 0 aliphatic heterocycles. The number of aromatic nitrogens is 2. The Kier molecular flexibility index (Phi) is 6.77. The molecule has 3 rings (SSSR count). The van der Waals surface area contributed by atoms with Gasteiger partial charge in [-0.2, -0.15) is 0 Å². The van der Waals surface area contributed by atoms with Crippen molar-refractivity contribution >= 4 is 0 Å². The lowest BCUT2D eigenvalue weighted by Crippen LogP contribution is -3.00. The van der Waals surface area contributed by atoms with Crippen LogP contribution in [0.15, 0.2) is 30.9 Å². The van der Waals surface area contributed by atoms with E-state index in [1.165, 1.54) is 55.6 Å². The summed E-state index contributed by atoms with van der Waals surface area (Å²) in [4.78, 5) is 0. The predicted octanol–water partition coefficient (Wildman–Crippen LogP) is 2.34. The molecule has 0 spiro atoms. The molecule has 0 aliphatic carbocycles. The maximum Gasteiger partial charge on any atom is 0.244 e. The summed E-state index contributed by atoms with van der Waals surface area (Å²) in [5.41, 5.74) is 14.1. The van der Waals surface area contributed by atoms with Gasteiger partial charge in [0, 0.05) is 0 Å². The van der Waals surface area contributed by atoms with Gasteiger partial charge in [-0.3, -0.25) is 0 Å². The number of hydrogen-bond acceptors (Lipinski definition) is 0. The van der Waals surface area contributed by atoms with Gasteiger partial charge in [-0.15, -0.1) is 0 Å². The molecule has 2 aromatic carbocycles. The average molecular weight is 397 g/mol. The van der Waals surface area contributed by atoms with Gasteiger partial charge in [0.2, 0.25) is 6.33 Å². The molecule has 0 amide bonds. The summed E-state index contributed by atoms with van der Waals surface area (Å²) in [6.07, 6.45) is 6.64. The van der Waals surface area contributed by atoms with Crippen molar-refractivity contribution in [3.63, 3.8) is 0 Å². The van der Waals surface area contributed by atoms with Gasteiger partial charge in [0.1, 0.15) is 25.5 Å². The van der Waals surface area contributed by atoms with Crippen LogP contribution < -0.4 is 17.0 Å². The van der Waals surface area contributed by atoms with Crippen molar-refractivity contribution in [2.24, 2.45) is 0 Å². The Morgan fingerprint density at radius 2 is 1.11 bits per heavy atom. The summed E-state index contributed by atoms with van der Waals surface area (Å²) in [5, 5.41) is 0. The van der Waals surface area contributed by atoms with Crippen LogP contribution in [0.2, 0.25) is 0 Å². The summed E-state index contributed by atoms with van der Waals surface area (Å²) in [7, 11) is 0. The molecular formula is C25H33ClN2. The van der Waals surface area contributed by atoms with Crippen molar-refractivity contribution in [3.8, 4) is 0 Å². The molecule has 0 aliphatic rings. The third kappa shape index (κ3) is 4.17. The number of hydrogen-bond donors (Lipinski definition) is 0. The normalized spacial score (nSPS) is 10.9. The highest BCUT2D eigenvalue weighted by Crippen LogP contribution is 2.23. The minimum atomic E-state index is 0. The zero-order valence-electron chi connectivity index (χ0n) is 18.6. The molecule has 150 valence electrons. The Morgan fingerprint density at radius 1 is 0.679 bits per heavy atom. The average Bonchev–Trinajstić information content (AvgIpc) is 3.06. The van der Waals surface area contributed by atoms with Gasteiger partial charge in [-0.25, -0.2) is 9.13 Å². The van der Waals surface area contributed by atoms with E-state index >= 15 is 0 Å². The zero-order chi connectivity index (χ0) is 19.9. The van der Waals surface area contributed by atoms with E-state index in [4.69, 9.17) is 0 Å². The second-order valence-electron chi connectivity index (χ2n) is 8.24. The van der Waals surface area contributed by atoms with Gasteiger partial charge in [-0.05, 0) is 111 Å². The van der Waals surface area contributed by atoms with E-state index < -0.39 is 0 Å². The lowest BCUT2D eigenvalue weighted by molar-refractivity contribution is -0.687. The van der Waals surface area contributed by atoms with Crippen LogP contribution in [0.1, 0.15) is 55.6 Å². The number of imidazole rings is 1. The molecule has 28 heavy (non-hydrogen) atoms. The van der Waals surface area contributed by atoms with Gasteiger partial charge < -0.3 is 12.4 Å². The van der Waals surface area contributed by atoms with E-state index in [1.807, 2.05) is 0 Å². The van der Waals surface area contributed by atoms with Crippen LogP contribution in [0.4, 0.5) is 0 Å². The number of aryl methyl sites for hydroxylation is 4. The minimum Gasteiger partial charge on any atom is -1.00 e. The van der Waals surface area contributed by atoms with Crippen molar-refractivity contribution in [2.75, 3.05) is 0 Å². The highest BCUT2D eigenvalue weighted by Gasteiger charge is 2.15. The molecule has 1 aromatic heterocycles. The highest BCUT2D eigenvalue weighted by atomic mass is 35.5. The molecule has 0 radical (unpaired) electrons. The number of halogens is 1. The van der Waals surface area contributed by atoms with E-state index in [1.54, 1.807) is 0 Å². The Hall–Kier alpha value is -2.06. The fourth-order valence-corrected chi connectivity index (χ4v) is 4.06. The number of rotatable bonds is 4. The molecule has 0 bridgehead atoms. The molecule has 0 saturated carbocycles. The van der Waals surface area contributed by atoms with Crippen LogP contribution in [0, 0.1) is 55.4 Å². The Morgan fingerprint density at radius 3 is 1.57 bits per heavy atom. The molecule has 3 heteroatoms. The first-order valence-corrected chi connectivity index (χ1v) is 9.86. The second kappa shape index (κ2) is 8.53. The standard InChI is InChI=1S/C25H33N2.ClH/c1-16-11-17(2)21(6)24(20(16)5)13-26-9-10-27(15-26)14-25-22(7)18(3)12-19(4)23(25)8;/h9-12,15H,13-14H2,1-8H3;1H/q+1;/p-1. The Labute approximate surface area is 176 Å². The number of benzene rings is 2. The summed E-state index contributed by atoms with van der Waals surface area (Å²) >= 11 is 0. The summed E-state index contributed by atoms with van der Waals surface area (Å²) in [6.45, 7) is 19.7. The van der Waals surface area contributed by atoms with Gasteiger partial charge >= 0.3 is 0 Å². The van der Waals surface area contributed by atoms with E-state index in [0.717, 1.165) is 13.1 Å². The van der Waals surface area contributed by atoms with Gasteiger partial charge in [0.05, 0.1) is 0 Å². The van der Waals surface area contributed by atoms with E-state index in [0.29, 0.717) is 0 Å². The van der Waals surface area contributed by atoms with E-state index in [-0.39, 0.29) is 12.4 Å². The van der Waals surface area contributed by atoms with Crippen LogP contribution in [-0.4, -0.2) is 4.57 Å². The molecule has 2 nitrogen and oxygen atoms in total. The first-order chi connectivity index (χ1) is 12.7. The van der Waals surface area contributed by atoms with E-state index in [2.05, 4.69) is 95.4 Å². The van der Waals surface area contributed by atoms with Crippen LogP contribution in [-0.2, 0) is 13.1 Å². The molecule has 3 aromatic rings. The van der Waals surface area contributed by atoms with Gasteiger partial charge in [-0.1, -0.05) is 12.1 Å². The second-order valence-corrected chi connectivity index (χ2v) is 8.24.